The van der Waals surface area contributed by atoms with Gasteiger partial charge in [-0.3, -0.25) is 14.6 Å². The van der Waals surface area contributed by atoms with Gasteiger partial charge in [-0.2, -0.15) is 0 Å². The number of amides is 2. The van der Waals surface area contributed by atoms with Crippen LogP contribution in [0.25, 0.3) is 0 Å². The number of anilines is 1. The van der Waals surface area contributed by atoms with Crippen LogP contribution in [0.4, 0.5) is 5.69 Å². The maximum Gasteiger partial charge on any atom is 0.229 e. The molecule has 0 saturated carbocycles. The Balaban J connectivity index is 1.57. The van der Waals surface area contributed by atoms with E-state index < -0.39 is 0 Å². The van der Waals surface area contributed by atoms with Crippen molar-refractivity contribution in [3.8, 4) is 0 Å². The Labute approximate surface area is 141 Å². The molecular formula is C19H21N3O2. The van der Waals surface area contributed by atoms with E-state index in [1.54, 1.807) is 18.5 Å². The van der Waals surface area contributed by atoms with Crippen LogP contribution in [0.2, 0.25) is 0 Å². The van der Waals surface area contributed by atoms with E-state index >= 15 is 0 Å². The minimum absolute atomic E-state index is 0.0415. The maximum atomic E-state index is 12.5. The number of pyridine rings is 1. The van der Waals surface area contributed by atoms with Crippen LogP contribution in [0, 0.1) is 5.92 Å². The first kappa shape index (κ1) is 16.2. The molecule has 2 amide bonds. The van der Waals surface area contributed by atoms with Crippen LogP contribution >= 0.6 is 0 Å². The standard InChI is InChI=1S/C19H21N3O2/c23-18(12-15-6-2-1-3-7-15)22-11-5-8-16(14-22)19(24)21-17-9-4-10-20-13-17/h1-4,6-7,9-10,13,16H,5,8,11-12,14H2,(H,21,24). The third-order valence-corrected chi connectivity index (χ3v) is 4.27. The normalized spacial score (nSPS) is 17.3. The van der Waals surface area contributed by atoms with Crippen molar-refractivity contribution in [3.05, 3.63) is 60.4 Å². The number of aromatic nitrogens is 1. The summed E-state index contributed by atoms with van der Waals surface area (Å²) in [5.41, 5.74) is 1.69. The van der Waals surface area contributed by atoms with Crippen molar-refractivity contribution in [1.82, 2.24) is 9.88 Å². The van der Waals surface area contributed by atoms with E-state index in [-0.39, 0.29) is 17.7 Å². The molecule has 24 heavy (non-hydrogen) atoms. The molecule has 1 aromatic heterocycles. The predicted molar refractivity (Wildman–Crippen MR) is 92.3 cm³/mol. The highest BCUT2D eigenvalue weighted by atomic mass is 16.2. The zero-order chi connectivity index (χ0) is 16.8. The molecule has 1 N–H and O–H groups in total. The number of rotatable bonds is 4. The van der Waals surface area contributed by atoms with Crippen LogP contribution in [0.1, 0.15) is 18.4 Å². The Morgan fingerprint density at radius 1 is 1.17 bits per heavy atom. The molecule has 0 radical (unpaired) electrons. The Morgan fingerprint density at radius 3 is 2.75 bits per heavy atom. The van der Waals surface area contributed by atoms with Crippen LogP contribution in [-0.2, 0) is 16.0 Å². The monoisotopic (exact) mass is 323 g/mol. The number of likely N-dealkylation sites (tertiary alicyclic amines) is 1. The van der Waals surface area contributed by atoms with Gasteiger partial charge in [0.2, 0.25) is 11.8 Å². The Kier molecular flexibility index (Phi) is 5.21. The number of hydrogen-bond donors (Lipinski definition) is 1. The molecule has 1 aromatic carbocycles. The molecule has 0 aliphatic carbocycles. The van der Waals surface area contributed by atoms with Gasteiger partial charge in [0.25, 0.3) is 0 Å². The van der Waals surface area contributed by atoms with E-state index in [2.05, 4.69) is 10.3 Å². The van der Waals surface area contributed by atoms with Crippen LogP contribution in [0.3, 0.4) is 0 Å². The zero-order valence-corrected chi connectivity index (χ0v) is 13.5. The van der Waals surface area contributed by atoms with E-state index in [1.807, 2.05) is 41.3 Å². The molecule has 1 atom stereocenters. The number of carbonyl (C=O) groups is 2. The van der Waals surface area contributed by atoms with Crippen LogP contribution in [0.15, 0.2) is 54.9 Å². The van der Waals surface area contributed by atoms with Gasteiger partial charge in [0.05, 0.1) is 24.2 Å². The van der Waals surface area contributed by atoms with Gasteiger partial charge in [-0.05, 0) is 30.5 Å². The minimum atomic E-state index is -0.168. The average molecular weight is 323 g/mol. The summed E-state index contributed by atoms with van der Waals surface area (Å²) in [6, 6.07) is 13.3. The lowest BCUT2D eigenvalue weighted by molar-refractivity contribution is -0.133. The summed E-state index contributed by atoms with van der Waals surface area (Å²) >= 11 is 0. The SMILES string of the molecule is O=C(Nc1cccnc1)C1CCCN(C(=O)Cc2ccccc2)C1. The van der Waals surface area contributed by atoms with Crippen molar-refractivity contribution < 1.29 is 9.59 Å². The summed E-state index contributed by atoms with van der Waals surface area (Å²) in [5.74, 6) is -0.126. The Hall–Kier alpha value is -2.69. The van der Waals surface area contributed by atoms with Crippen LogP contribution in [-0.4, -0.2) is 34.8 Å². The molecule has 1 fully saturated rings. The quantitative estimate of drug-likeness (QED) is 0.940. The van der Waals surface area contributed by atoms with Gasteiger partial charge in [-0.15, -0.1) is 0 Å². The molecular weight excluding hydrogens is 302 g/mol. The van der Waals surface area contributed by atoms with Gasteiger partial charge in [0.1, 0.15) is 0 Å². The van der Waals surface area contributed by atoms with Gasteiger partial charge in [-0.1, -0.05) is 30.3 Å². The van der Waals surface area contributed by atoms with Gasteiger partial charge in [-0.25, -0.2) is 0 Å². The highest BCUT2D eigenvalue weighted by molar-refractivity contribution is 5.93. The van der Waals surface area contributed by atoms with E-state index in [0.29, 0.717) is 18.7 Å². The van der Waals surface area contributed by atoms with Crippen molar-refractivity contribution in [3.63, 3.8) is 0 Å². The lowest BCUT2D eigenvalue weighted by Crippen LogP contribution is -2.44. The third-order valence-electron chi connectivity index (χ3n) is 4.27. The molecule has 1 aliphatic heterocycles. The van der Waals surface area contributed by atoms with Gasteiger partial charge in [0.15, 0.2) is 0 Å². The molecule has 5 nitrogen and oxygen atoms in total. The first-order chi connectivity index (χ1) is 11.7. The summed E-state index contributed by atoms with van der Waals surface area (Å²) in [6.45, 7) is 1.21. The lowest BCUT2D eigenvalue weighted by Gasteiger charge is -2.32. The average Bonchev–Trinajstić information content (AvgIpc) is 2.63. The van der Waals surface area contributed by atoms with E-state index in [4.69, 9.17) is 0 Å². The number of piperidine rings is 1. The first-order valence-electron chi connectivity index (χ1n) is 8.25. The summed E-state index contributed by atoms with van der Waals surface area (Å²) in [7, 11) is 0. The second kappa shape index (κ2) is 7.73. The fraction of sp³-hybridized carbons (Fsp3) is 0.316. The molecule has 1 saturated heterocycles. The van der Waals surface area contributed by atoms with Gasteiger partial charge < -0.3 is 10.2 Å². The number of benzene rings is 1. The highest BCUT2D eigenvalue weighted by Crippen LogP contribution is 2.19. The molecule has 5 heteroatoms. The van der Waals surface area contributed by atoms with Crippen molar-refractivity contribution in [2.75, 3.05) is 18.4 Å². The predicted octanol–water partition coefficient (Wildman–Crippen LogP) is 2.50. The Morgan fingerprint density at radius 2 is 2.00 bits per heavy atom. The lowest BCUT2D eigenvalue weighted by atomic mass is 9.96. The molecule has 124 valence electrons. The van der Waals surface area contributed by atoms with Crippen molar-refractivity contribution in [1.29, 1.82) is 0 Å². The summed E-state index contributed by atoms with van der Waals surface area (Å²) in [5, 5.41) is 2.88. The minimum Gasteiger partial charge on any atom is -0.342 e. The topological polar surface area (TPSA) is 62.3 Å². The zero-order valence-electron chi connectivity index (χ0n) is 13.5. The summed E-state index contributed by atoms with van der Waals surface area (Å²) in [6.07, 6.45) is 5.34. The Bertz CT molecular complexity index is 629. The molecule has 0 spiro atoms. The maximum absolute atomic E-state index is 12.5. The molecule has 1 aliphatic rings. The van der Waals surface area contributed by atoms with Crippen LogP contribution < -0.4 is 5.32 Å². The fourth-order valence-corrected chi connectivity index (χ4v) is 2.98. The highest BCUT2D eigenvalue weighted by Gasteiger charge is 2.28. The molecule has 2 aromatic rings. The van der Waals surface area contributed by atoms with E-state index in [1.165, 1.54) is 0 Å². The fourth-order valence-electron chi connectivity index (χ4n) is 2.98. The van der Waals surface area contributed by atoms with Gasteiger partial charge >= 0.3 is 0 Å². The largest absolute Gasteiger partial charge is 0.342 e. The van der Waals surface area contributed by atoms with E-state index in [0.717, 1.165) is 24.9 Å². The van der Waals surface area contributed by atoms with Crippen molar-refractivity contribution >= 4 is 17.5 Å². The first-order valence-corrected chi connectivity index (χ1v) is 8.25. The van der Waals surface area contributed by atoms with E-state index in [9.17, 15) is 9.59 Å². The van der Waals surface area contributed by atoms with Crippen molar-refractivity contribution in [2.24, 2.45) is 5.92 Å². The smallest absolute Gasteiger partial charge is 0.229 e. The number of carbonyl (C=O) groups excluding carboxylic acids is 2. The second-order valence-corrected chi connectivity index (χ2v) is 6.07. The molecule has 1 unspecified atom stereocenters. The number of nitrogens with one attached hydrogen (secondary N) is 1. The molecule has 3 rings (SSSR count). The summed E-state index contributed by atoms with van der Waals surface area (Å²) in [4.78, 5) is 30.7. The van der Waals surface area contributed by atoms with Crippen molar-refractivity contribution in [2.45, 2.75) is 19.3 Å². The second-order valence-electron chi connectivity index (χ2n) is 6.07. The van der Waals surface area contributed by atoms with Gasteiger partial charge in [0, 0.05) is 19.3 Å². The number of hydrogen-bond acceptors (Lipinski definition) is 3. The summed E-state index contributed by atoms with van der Waals surface area (Å²) < 4.78 is 0. The molecule has 0 bridgehead atoms. The molecule has 2 heterocycles. The van der Waals surface area contributed by atoms with Crippen LogP contribution in [0.5, 0.6) is 0 Å². The number of nitrogens with zero attached hydrogens (tertiary/aromatic N) is 2. The third kappa shape index (κ3) is 4.19.